The molecule has 2 amide bonds. The van der Waals surface area contributed by atoms with Crippen molar-refractivity contribution >= 4 is 23.6 Å². The van der Waals surface area contributed by atoms with Crippen LogP contribution in [0.5, 0.6) is 0 Å². The molecule has 1 heterocycles. The van der Waals surface area contributed by atoms with Crippen LogP contribution in [-0.2, 0) is 13.6 Å². The van der Waals surface area contributed by atoms with Gasteiger partial charge in [-0.05, 0) is 24.0 Å². The SMILES string of the molecule is CSc1cccc(CN(C)C(=O)Nc2cn(C)nn2)c1. The smallest absolute Gasteiger partial charge is 0.323 e. The van der Waals surface area contributed by atoms with Gasteiger partial charge >= 0.3 is 6.03 Å². The van der Waals surface area contributed by atoms with Gasteiger partial charge in [-0.1, -0.05) is 17.3 Å². The van der Waals surface area contributed by atoms with E-state index < -0.39 is 0 Å². The maximum absolute atomic E-state index is 12.0. The fourth-order valence-electron chi connectivity index (χ4n) is 1.73. The molecule has 0 aliphatic carbocycles. The standard InChI is InChI=1S/C13H17N5OS/c1-17(8-10-5-4-6-11(7-10)20-3)13(19)14-12-9-18(2)16-15-12/h4-7,9H,8H2,1-3H3,(H,14,19). The van der Waals surface area contributed by atoms with Crippen LogP contribution in [0.1, 0.15) is 5.56 Å². The summed E-state index contributed by atoms with van der Waals surface area (Å²) in [5.74, 6) is 0.446. The first-order chi connectivity index (χ1) is 9.58. The van der Waals surface area contributed by atoms with Crippen LogP contribution in [0.2, 0.25) is 0 Å². The predicted octanol–water partition coefficient (Wildman–Crippen LogP) is 2.20. The third kappa shape index (κ3) is 3.74. The Balaban J connectivity index is 1.96. The molecule has 0 aliphatic heterocycles. The van der Waals surface area contributed by atoms with Crippen molar-refractivity contribution in [3.63, 3.8) is 0 Å². The summed E-state index contributed by atoms with van der Waals surface area (Å²) in [6.45, 7) is 0.542. The van der Waals surface area contributed by atoms with Gasteiger partial charge in [0.15, 0.2) is 5.82 Å². The second kappa shape index (κ2) is 6.42. The second-order valence-corrected chi connectivity index (χ2v) is 5.29. The topological polar surface area (TPSA) is 63.1 Å². The monoisotopic (exact) mass is 291 g/mol. The van der Waals surface area contributed by atoms with Crippen molar-refractivity contribution in [3.05, 3.63) is 36.0 Å². The Morgan fingerprint density at radius 3 is 2.95 bits per heavy atom. The molecule has 1 aromatic carbocycles. The number of hydrogen-bond acceptors (Lipinski definition) is 4. The molecular formula is C13H17N5OS. The van der Waals surface area contributed by atoms with E-state index in [0.29, 0.717) is 12.4 Å². The van der Waals surface area contributed by atoms with Crippen LogP contribution in [-0.4, -0.2) is 39.2 Å². The third-order valence-corrected chi connectivity index (χ3v) is 3.46. The Kier molecular flexibility index (Phi) is 4.62. The van der Waals surface area contributed by atoms with Crippen molar-refractivity contribution in [2.75, 3.05) is 18.6 Å². The molecule has 2 rings (SSSR count). The normalized spacial score (nSPS) is 10.3. The van der Waals surface area contributed by atoms with E-state index >= 15 is 0 Å². The first-order valence-corrected chi connectivity index (χ1v) is 7.32. The number of benzene rings is 1. The molecule has 6 nitrogen and oxygen atoms in total. The molecule has 106 valence electrons. The third-order valence-electron chi connectivity index (χ3n) is 2.74. The van der Waals surface area contributed by atoms with Gasteiger partial charge in [-0.3, -0.25) is 10.00 Å². The lowest BCUT2D eigenvalue weighted by Crippen LogP contribution is -2.30. The molecule has 2 aromatic rings. The van der Waals surface area contributed by atoms with Crippen LogP contribution in [0.15, 0.2) is 35.4 Å². The average molecular weight is 291 g/mol. The number of nitrogens with zero attached hydrogens (tertiary/aromatic N) is 4. The maximum atomic E-state index is 12.0. The van der Waals surface area contributed by atoms with Crippen molar-refractivity contribution in [1.82, 2.24) is 19.9 Å². The largest absolute Gasteiger partial charge is 0.323 e. The van der Waals surface area contributed by atoms with Gasteiger partial charge in [0.2, 0.25) is 0 Å². The molecule has 7 heteroatoms. The van der Waals surface area contributed by atoms with Gasteiger partial charge in [-0.25, -0.2) is 4.79 Å². The zero-order chi connectivity index (χ0) is 14.5. The van der Waals surface area contributed by atoms with E-state index in [9.17, 15) is 4.79 Å². The fraction of sp³-hybridized carbons (Fsp3) is 0.308. The highest BCUT2D eigenvalue weighted by molar-refractivity contribution is 7.98. The summed E-state index contributed by atoms with van der Waals surface area (Å²) in [6.07, 6.45) is 3.68. The molecule has 0 radical (unpaired) electrons. The Hall–Kier alpha value is -2.02. The van der Waals surface area contributed by atoms with Gasteiger partial charge in [0, 0.05) is 25.5 Å². The summed E-state index contributed by atoms with van der Waals surface area (Å²) in [7, 11) is 3.50. The van der Waals surface area contributed by atoms with Crippen molar-refractivity contribution in [2.45, 2.75) is 11.4 Å². The number of urea groups is 1. The Morgan fingerprint density at radius 2 is 2.30 bits per heavy atom. The van der Waals surface area contributed by atoms with Crippen molar-refractivity contribution < 1.29 is 4.79 Å². The summed E-state index contributed by atoms with van der Waals surface area (Å²) in [5.41, 5.74) is 1.09. The zero-order valence-corrected chi connectivity index (χ0v) is 12.5. The van der Waals surface area contributed by atoms with Crippen LogP contribution in [0.25, 0.3) is 0 Å². The molecule has 0 bridgehead atoms. The molecule has 0 spiro atoms. The summed E-state index contributed by atoms with van der Waals surface area (Å²) in [5, 5.41) is 10.3. The van der Waals surface area contributed by atoms with E-state index in [-0.39, 0.29) is 6.03 Å². The molecule has 20 heavy (non-hydrogen) atoms. The lowest BCUT2D eigenvalue weighted by atomic mass is 10.2. The number of carbonyl (C=O) groups is 1. The Morgan fingerprint density at radius 1 is 1.50 bits per heavy atom. The van der Waals surface area contributed by atoms with E-state index in [1.807, 2.05) is 24.5 Å². The number of amides is 2. The Bertz CT molecular complexity index is 598. The number of nitrogens with one attached hydrogen (secondary N) is 1. The van der Waals surface area contributed by atoms with Crippen LogP contribution < -0.4 is 5.32 Å². The average Bonchev–Trinajstić information content (AvgIpc) is 2.84. The zero-order valence-electron chi connectivity index (χ0n) is 11.7. The minimum absolute atomic E-state index is 0.208. The van der Waals surface area contributed by atoms with Crippen LogP contribution >= 0.6 is 11.8 Å². The van der Waals surface area contributed by atoms with Crippen LogP contribution in [0.4, 0.5) is 10.6 Å². The van der Waals surface area contributed by atoms with Crippen molar-refractivity contribution in [1.29, 1.82) is 0 Å². The van der Waals surface area contributed by atoms with Gasteiger partial charge < -0.3 is 4.90 Å². The molecular weight excluding hydrogens is 274 g/mol. The predicted molar refractivity (Wildman–Crippen MR) is 79.7 cm³/mol. The van der Waals surface area contributed by atoms with Gasteiger partial charge in [0.1, 0.15) is 0 Å². The highest BCUT2D eigenvalue weighted by atomic mass is 32.2. The molecule has 0 aliphatic rings. The molecule has 0 unspecified atom stereocenters. The first-order valence-electron chi connectivity index (χ1n) is 6.10. The van der Waals surface area contributed by atoms with Crippen LogP contribution in [0, 0.1) is 0 Å². The minimum Gasteiger partial charge on any atom is -0.323 e. The number of aryl methyl sites for hydroxylation is 1. The number of aromatic nitrogens is 3. The summed E-state index contributed by atoms with van der Waals surface area (Å²) < 4.78 is 1.54. The van der Waals surface area contributed by atoms with E-state index in [4.69, 9.17) is 0 Å². The summed E-state index contributed by atoms with van der Waals surface area (Å²) in [4.78, 5) is 14.8. The van der Waals surface area contributed by atoms with E-state index in [1.54, 1.807) is 37.0 Å². The fourth-order valence-corrected chi connectivity index (χ4v) is 2.21. The molecule has 1 aromatic heterocycles. The Labute approximate surface area is 122 Å². The number of hydrogen-bond donors (Lipinski definition) is 1. The van der Waals surface area contributed by atoms with Gasteiger partial charge in [0.05, 0.1) is 6.20 Å². The lowest BCUT2D eigenvalue weighted by Gasteiger charge is -2.17. The molecule has 0 saturated carbocycles. The van der Waals surface area contributed by atoms with E-state index in [1.165, 1.54) is 9.58 Å². The summed E-state index contributed by atoms with van der Waals surface area (Å²) >= 11 is 1.68. The van der Waals surface area contributed by atoms with Gasteiger partial charge in [0.25, 0.3) is 0 Å². The summed E-state index contributed by atoms with van der Waals surface area (Å²) in [6, 6.07) is 7.92. The van der Waals surface area contributed by atoms with Gasteiger partial charge in [-0.2, -0.15) is 0 Å². The van der Waals surface area contributed by atoms with Crippen molar-refractivity contribution in [3.8, 4) is 0 Å². The maximum Gasteiger partial charge on any atom is 0.323 e. The first kappa shape index (κ1) is 14.4. The molecule has 0 fully saturated rings. The second-order valence-electron chi connectivity index (χ2n) is 4.42. The van der Waals surface area contributed by atoms with E-state index in [2.05, 4.69) is 21.7 Å². The van der Waals surface area contributed by atoms with E-state index in [0.717, 1.165) is 5.56 Å². The van der Waals surface area contributed by atoms with Crippen molar-refractivity contribution in [2.24, 2.45) is 7.05 Å². The van der Waals surface area contributed by atoms with Crippen LogP contribution in [0.3, 0.4) is 0 Å². The number of thioether (sulfide) groups is 1. The quantitative estimate of drug-likeness (QED) is 0.877. The minimum atomic E-state index is -0.208. The number of anilines is 1. The highest BCUT2D eigenvalue weighted by Crippen LogP contribution is 2.16. The molecule has 0 saturated heterocycles. The highest BCUT2D eigenvalue weighted by Gasteiger charge is 2.11. The number of rotatable bonds is 4. The lowest BCUT2D eigenvalue weighted by molar-refractivity contribution is 0.220. The molecule has 1 N–H and O–H groups in total. The van der Waals surface area contributed by atoms with Gasteiger partial charge in [-0.15, -0.1) is 16.9 Å². The number of carbonyl (C=O) groups excluding carboxylic acids is 1. The molecule has 0 atom stereocenters.